The van der Waals surface area contributed by atoms with Crippen LogP contribution in [-0.2, 0) is 22.8 Å². The Bertz CT molecular complexity index is 1040. The molecule has 1 aliphatic rings. The molecule has 2 heterocycles. The number of rotatable bonds is 5. The van der Waals surface area contributed by atoms with Crippen molar-refractivity contribution < 1.29 is 18.3 Å². The zero-order valence-corrected chi connectivity index (χ0v) is 18.5. The lowest BCUT2D eigenvalue weighted by atomic mass is 9.92. The molecule has 0 atom stereocenters. The van der Waals surface area contributed by atoms with Gasteiger partial charge in [0.25, 0.3) is 0 Å². The predicted octanol–water partition coefficient (Wildman–Crippen LogP) is 1.93. The van der Waals surface area contributed by atoms with Crippen LogP contribution in [0.25, 0.3) is 11.0 Å². The Labute approximate surface area is 171 Å². The maximum atomic E-state index is 12.9. The zero-order valence-electron chi connectivity index (χ0n) is 17.6. The summed E-state index contributed by atoms with van der Waals surface area (Å²) < 4.78 is 27.8. The van der Waals surface area contributed by atoms with Crippen molar-refractivity contribution in [2.75, 3.05) is 13.1 Å². The van der Waals surface area contributed by atoms with Crippen molar-refractivity contribution in [3.63, 3.8) is 0 Å². The highest BCUT2D eigenvalue weighted by atomic mass is 32.2. The van der Waals surface area contributed by atoms with Gasteiger partial charge in [0.1, 0.15) is 11.1 Å². The van der Waals surface area contributed by atoms with Crippen LogP contribution in [-0.4, -0.2) is 57.9 Å². The molecule has 2 amide bonds. The van der Waals surface area contributed by atoms with Gasteiger partial charge in [-0.25, -0.2) is 18.2 Å². The van der Waals surface area contributed by atoms with Gasteiger partial charge in [-0.05, 0) is 37.5 Å². The number of fused-ring (bicyclic) bond motifs is 1. The molecule has 8 nitrogen and oxygen atoms in total. The van der Waals surface area contributed by atoms with Gasteiger partial charge in [-0.3, -0.25) is 0 Å². The Morgan fingerprint density at radius 1 is 1.24 bits per heavy atom. The first kappa shape index (κ1) is 21.6. The topological polar surface area (TPSA) is 119 Å². The number of carbonyl (C=O) groups excluding carboxylic acids is 1. The lowest BCUT2D eigenvalue weighted by Gasteiger charge is -2.37. The average Bonchev–Trinajstić information content (AvgIpc) is 2.78. The van der Waals surface area contributed by atoms with Crippen molar-refractivity contribution in [1.82, 2.24) is 14.5 Å². The highest BCUT2D eigenvalue weighted by Gasteiger charge is 2.40. The second-order valence-corrected chi connectivity index (χ2v) is 12.0. The zero-order chi connectivity index (χ0) is 21.8. The van der Waals surface area contributed by atoms with Gasteiger partial charge in [0.2, 0.25) is 0 Å². The second-order valence-electron chi connectivity index (χ2n) is 9.72. The van der Waals surface area contributed by atoms with E-state index in [-0.39, 0.29) is 23.4 Å². The SMILES string of the molecule is CC(C)(C)Cc1nc2cc(S(=O)(=O)C3CN(C(N)=O)C3)ccc2n1CC(C)(C)O. The van der Waals surface area contributed by atoms with Crippen molar-refractivity contribution in [1.29, 1.82) is 0 Å². The Hall–Kier alpha value is -2.13. The van der Waals surface area contributed by atoms with Gasteiger partial charge in [0.05, 0.1) is 28.1 Å². The highest BCUT2D eigenvalue weighted by molar-refractivity contribution is 7.92. The second kappa shape index (κ2) is 6.98. The normalized spacial score (nSPS) is 16.3. The van der Waals surface area contributed by atoms with Crippen molar-refractivity contribution in [3.05, 3.63) is 24.0 Å². The largest absolute Gasteiger partial charge is 0.389 e. The molecule has 2 aromatic rings. The quantitative estimate of drug-likeness (QED) is 0.763. The molecular weight excluding hydrogens is 392 g/mol. The molecule has 160 valence electrons. The number of hydrogen-bond donors (Lipinski definition) is 2. The van der Waals surface area contributed by atoms with Gasteiger partial charge < -0.3 is 20.3 Å². The number of carbonyl (C=O) groups is 1. The van der Waals surface area contributed by atoms with Crippen molar-refractivity contribution in [2.24, 2.45) is 11.1 Å². The highest BCUT2D eigenvalue weighted by Crippen LogP contribution is 2.29. The van der Waals surface area contributed by atoms with Crippen LogP contribution in [0.2, 0.25) is 0 Å². The number of hydrogen-bond acceptors (Lipinski definition) is 5. The summed E-state index contributed by atoms with van der Waals surface area (Å²) in [5.74, 6) is 0.813. The molecule has 3 rings (SSSR count). The fourth-order valence-corrected chi connectivity index (χ4v) is 5.19. The summed E-state index contributed by atoms with van der Waals surface area (Å²) in [6.07, 6.45) is 0.691. The Kier molecular flexibility index (Phi) is 5.20. The first-order chi connectivity index (χ1) is 13.2. The maximum absolute atomic E-state index is 12.9. The van der Waals surface area contributed by atoms with E-state index in [1.165, 1.54) is 4.90 Å². The number of aliphatic hydroxyl groups is 1. The number of imidazole rings is 1. The van der Waals surface area contributed by atoms with Crippen LogP contribution in [0.4, 0.5) is 4.79 Å². The lowest BCUT2D eigenvalue weighted by molar-refractivity contribution is 0.0614. The van der Waals surface area contributed by atoms with Crippen LogP contribution in [0.5, 0.6) is 0 Å². The molecule has 1 saturated heterocycles. The number of aromatic nitrogens is 2. The fourth-order valence-electron chi connectivity index (χ4n) is 3.52. The van der Waals surface area contributed by atoms with Gasteiger partial charge >= 0.3 is 6.03 Å². The molecular formula is C20H30N4O4S. The van der Waals surface area contributed by atoms with Gasteiger partial charge in [0.15, 0.2) is 9.84 Å². The van der Waals surface area contributed by atoms with E-state index in [1.807, 2.05) is 4.57 Å². The van der Waals surface area contributed by atoms with E-state index in [0.717, 1.165) is 11.3 Å². The van der Waals surface area contributed by atoms with Crippen LogP contribution in [0.1, 0.15) is 40.4 Å². The average molecular weight is 423 g/mol. The smallest absolute Gasteiger partial charge is 0.314 e. The molecule has 1 aromatic carbocycles. The van der Waals surface area contributed by atoms with E-state index >= 15 is 0 Å². The summed E-state index contributed by atoms with van der Waals surface area (Å²) in [5, 5.41) is 9.70. The summed E-state index contributed by atoms with van der Waals surface area (Å²) in [6, 6.07) is 4.31. The minimum absolute atomic E-state index is 0.0161. The van der Waals surface area contributed by atoms with E-state index < -0.39 is 26.7 Å². The Morgan fingerprint density at radius 2 is 1.86 bits per heavy atom. The summed E-state index contributed by atoms with van der Waals surface area (Å²) in [4.78, 5) is 17.4. The Morgan fingerprint density at radius 3 is 2.38 bits per heavy atom. The van der Waals surface area contributed by atoms with Crippen LogP contribution in [0.15, 0.2) is 23.1 Å². The van der Waals surface area contributed by atoms with Crippen molar-refractivity contribution >= 4 is 26.9 Å². The molecule has 0 aliphatic carbocycles. The molecule has 9 heteroatoms. The molecule has 1 aromatic heterocycles. The molecule has 0 saturated carbocycles. The molecule has 1 aliphatic heterocycles. The summed E-state index contributed by atoms with van der Waals surface area (Å²) in [5.41, 5.74) is 5.62. The van der Waals surface area contributed by atoms with Gasteiger partial charge in [-0.1, -0.05) is 20.8 Å². The van der Waals surface area contributed by atoms with Crippen LogP contribution >= 0.6 is 0 Å². The molecule has 3 N–H and O–H groups in total. The van der Waals surface area contributed by atoms with Crippen LogP contribution in [0, 0.1) is 5.41 Å². The standard InChI is InChI=1S/C20H30N4O4S/c1-19(2,3)9-17-22-15-8-13(6-7-16(15)24(17)12-20(4,5)26)29(27,28)14-10-23(11-14)18(21)25/h6-8,14,26H,9-12H2,1-5H3,(H2,21,25). The summed E-state index contributed by atoms with van der Waals surface area (Å²) >= 11 is 0. The predicted molar refractivity (Wildman–Crippen MR) is 111 cm³/mol. The fraction of sp³-hybridized carbons (Fsp3) is 0.600. The third-order valence-electron chi connectivity index (χ3n) is 4.96. The van der Waals surface area contributed by atoms with Gasteiger partial charge in [0, 0.05) is 19.5 Å². The summed E-state index contributed by atoms with van der Waals surface area (Å²) in [6.45, 7) is 10.4. The maximum Gasteiger partial charge on any atom is 0.314 e. The molecule has 29 heavy (non-hydrogen) atoms. The third-order valence-corrected chi connectivity index (χ3v) is 7.05. The molecule has 0 radical (unpaired) electrons. The number of urea groups is 1. The van der Waals surface area contributed by atoms with Gasteiger partial charge in [-0.2, -0.15) is 0 Å². The monoisotopic (exact) mass is 422 g/mol. The van der Waals surface area contributed by atoms with E-state index in [9.17, 15) is 18.3 Å². The minimum atomic E-state index is -3.58. The van der Waals surface area contributed by atoms with Crippen LogP contribution in [0.3, 0.4) is 0 Å². The third kappa shape index (κ3) is 4.56. The molecule has 0 unspecified atom stereocenters. The van der Waals surface area contributed by atoms with E-state index in [1.54, 1.807) is 32.0 Å². The number of sulfone groups is 1. The molecule has 1 fully saturated rings. The van der Waals surface area contributed by atoms with Crippen molar-refractivity contribution in [3.8, 4) is 0 Å². The number of benzene rings is 1. The number of nitrogens with zero attached hydrogens (tertiary/aromatic N) is 3. The minimum Gasteiger partial charge on any atom is -0.389 e. The number of primary amides is 1. The number of nitrogens with two attached hydrogens (primary N) is 1. The van der Waals surface area contributed by atoms with Gasteiger partial charge in [-0.15, -0.1) is 0 Å². The first-order valence-electron chi connectivity index (χ1n) is 9.67. The van der Waals surface area contributed by atoms with Crippen molar-refractivity contribution in [2.45, 2.75) is 63.3 Å². The lowest BCUT2D eigenvalue weighted by Crippen LogP contribution is -2.58. The first-order valence-corrected chi connectivity index (χ1v) is 11.2. The van der Waals surface area contributed by atoms with E-state index in [4.69, 9.17) is 10.7 Å². The summed E-state index contributed by atoms with van der Waals surface area (Å²) in [7, 11) is -3.58. The number of likely N-dealkylation sites (tertiary alicyclic amines) is 1. The Balaban J connectivity index is 2.01. The molecule has 0 bridgehead atoms. The van der Waals surface area contributed by atoms with Crippen LogP contribution < -0.4 is 5.73 Å². The molecule has 0 spiro atoms. The van der Waals surface area contributed by atoms with E-state index in [2.05, 4.69) is 20.8 Å². The number of amides is 2. The van der Waals surface area contributed by atoms with E-state index in [0.29, 0.717) is 18.5 Å².